The molecule has 116 valence electrons. The van der Waals surface area contributed by atoms with Crippen molar-refractivity contribution in [1.82, 2.24) is 15.2 Å². The lowest BCUT2D eigenvalue weighted by Crippen LogP contribution is -2.45. The predicted octanol–water partition coefficient (Wildman–Crippen LogP) is 3.37. The minimum Gasteiger partial charge on any atom is -0.361 e. The largest absolute Gasteiger partial charge is 0.361 e. The number of nitrogens with one attached hydrogen (secondary N) is 2. The number of aromatic amines is 1. The number of benzene rings is 1. The molecule has 21 heavy (non-hydrogen) atoms. The Hall–Kier alpha value is -0.740. The first-order valence-electron chi connectivity index (χ1n) is 7.43. The summed E-state index contributed by atoms with van der Waals surface area (Å²) in [5.74, 6) is 0.884. The molecule has 3 nitrogen and oxygen atoms in total. The molecule has 1 saturated heterocycles. The first-order chi connectivity index (χ1) is 9.42. The van der Waals surface area contributed by atoms with Crippen molar-refractivity contribution in [2.45, 2.75) is 18.9 Å². The standard InChI is InChI=1S/C16H21N3.2ClH/c1-2-12(1)16(19-9-7-17-8-10-19)14-3-4-15-13(11-14)5-6-18-15;;/h3-6,11-12,16-18H,1-2,7-10H2;2*1H/t16-;;/m1../s1. The van der Waals surface area contributed by atoms with Gasteiger partial charge in [-0.2, -0.15) is 0 Å². The zero-order valence-electron chi connectivity index (χ0n) is 12.0. The van der Waals surface area contributed by atoms with Crippen molar-refractivity contribution < 1.29 is 0 Å². The molecule has 5 heteroatoms. The highest BCUT2D eigenvalue weighted by molar-refractivity contribution is 5.85. The number of hydrogen-bond acceptors (Lipinski definition) is 2. The van der Waals surface area contributed by atoms with Crippen LogP contribution >= 0.6 is 24.8 Å². The molecule has 4 rings (SSSR count). The van der Waals surface area contributed by atoms with Crippen LogP contribution in [0.1, 0.15) is 24.4 Å². The van der Waals surface area contributed by atoms with Crippen molar-refractivity contribution in [3.63, 3.8) is 0 Å². The van der Waals surface area contributed by atoms with E-state index in [4.69, 9.17) is 0 Å². The summed E-state index contributed by atoms with van der Waals surface area (Å²) in [6.45, 7) is 4.64. The van der Waals surface area contributed by atoms with Gasteiger partial charge in [0.2, 0.25) is 0 Å². The number of H-pyrrole nitrogens is 1. The summed E-state index contributed by atoms with van der Waals surface area (Å²) in [5, 5.41) is 4.80. The second kappa shape index (κ2) is 7.01. The summed E-state index contributed by atoms with van der Waals surface area (Å²) in [4.78, 5) is 5.97. The van der Waals surface area contributed by atoms with Crippen molar-refractivity contribution >= 4 is 35.7 Å². The second-order valence-electron chi connectivity index (χ2n) is 5.89. The zero-order valence-corrected chi connectivity index (χ0v) is 13.7. The van der Waals surface area contributed by atoms with E-state index < -0.39 is 0 Å². The lowest BCUT2D eigenvalue weighted by molar-refractivity contribution is 0.156. The molecular weight excluding hydrogens is 305 g/mol. The van der Waals surface area contributed by atoms with Crippen molar-refractivity contribution in [2.24, 2.45) is 5.92 Å². The number of aromatic nitrogens is 1. The fourth-order valence-corrected chi connectivity index (χ4v) is 3.41. The lowest BCUT2D eigenvalue weighted by atomic mass is 9.98. The summed E-state index contributed by atoms with van der Waals surface area (Å²) in [7, 11) is 0. The van der Waals surface area contributed by atoms with Gasteiger partial charge in [-0.15, -0.1) is 24.8 Å². The minimum atomic E-state index is 0. The minimum absolute atomic E-state index is 0. The van der Waals surface area contributed by atoms with Crippen LogP contribution in [-0.4, -0.2) is 36.1 Å². The van der Waals surface area contributed by atoms with Gasteiger partial charge in [0.25, 0.3) is 0 Å². The normalized spacial score (nSPS) is 20.6. The van der Waals surface area contributed by atoms with Gasteiger partial charge in [-0.3, -0.25) is 4.90 Å². The molecule has 2 fully saturated rings. The molecule has 1 aromatic carbocycles. The SMILES string of the molecule is Cl.Cl.c1cc2cc([C@@H](C3CC3)N3CCNCC3)ccc2[nH]1. The number of rotatable bonds is 3. The first-order valence-corrected chi connectivity index (χ1v) is 7.43. The van der Waals surface area contributed by atoms with Crippen LogP contribution in [0, 0.1) is 5.92 Å². The Morgan fingerprint density at radius 1 is 1.05 bits per heavy atom. The summed E-state index contributed by atoms with van der Waals surface area (Å²) < 4.78 is 0. The van der Waals surface area contributed by atoms with E-state index in [1.165, 1.54) is 42.4 Å². The van der Waals surface area contributed by atoms with E-state index in [0.717, 1.165) is 19.0 Å². The summed E-state index contributed by atoms with van der Waals surface area (Å²) in [5.41, 5.74) is 2.76. The summed E-state index contributed by atoms with van der Waals surface area (Å²) in [6.07, 6.45) is 4.84. The Kier molecular flexibility index (Phi) is 5.55. The number of fused-ring (bicyclic) bond motifs is 1. The fraction of sp³-hybridized carbons (Fsp3) is 0.500. The van der Waals surface area contributed by atoms with Crippen LogP contribution in [0.15, 0.2) is 30.5 Å². The van der Waals surface area contributed by atoms with E-state index >= 15 is 0 Å². The predicted molar refractivity (Wildman–Crippen MR) is 92.7 cm³/mol. The van der Waals surface area contributed by atoms with E-state index in [1.807, 2.05) is 6.20 Å². The van der Waals surface area contributed by atoms with Crippen LogP contribution in [-0.2, 0) is 0 Å². The van der Waals surface area contributed by atoms with E-state index in [0.29, 0.717) is 6.04 Å². The Morgan fingerprint density at radius 3 is 2.52 bits per heavy atom. The van der Waals surface area contributed by atoms with Crippen molar-refractivity contribution in [2.75, 3.05) is 26.2 Å². The maximum atomic E-state index is 3.46. The lowest BCUT2D eigenvalue weighted by Gasteiger charge is -2.35. The zero-order chi connectivity index (χ0) is 12.7. The topological polar surface area (TPSA) is 31.1 Å². The number of piperazine rings is 1. The highest BCUT2D eigenvalue weighted by Crippen LogP contribution is 2.45. The molecule has 0 unspecified atom stereocenters. The molecule has 1 aromatic heterocycles. The Morgan fingerprint density at radius 2 is 1.81 bits per heavy atom. The van der Waals surface area contributed by atoms with Crippen LogP contribution in [0.2, 0.25) is 0 Å². The molecule has 1 saturated carbocycles. The van der Waals surface area contributed by atoms with Gasteiger partial charge in [-0.05, 0) is 47.9 Å². The average Bonchev–Trinajstić information content (AvgIpc) is 3.17. The maximum absolute atomic E-state index is 3.46. The van der Waals surface area contributed by atoms with Crippen LogP contribution in [0.4, 0.5) is 0 Å². The van der Waals surface area contributed by atoms with Crippen LogP contribution < -0.4 is 5.32 Å². The van der Waals surface area contributed by atoms with Crippen LogP contribution in [0.3, 0.4) is 0 Å². The van der Waals surface area contributed by atoms with E-state index in [9.17, 15) is 0 Å². The van der Waals surface area contributed by atoms with Gasteiger partial charge in [-0.25, -0.2) is 0 Å². The third-order valence-corrected chi connectivity index (χ3v) is 4.53. The quantitative estimate of drug-likeness (QED) is 0.905. The molecule has 2 aromatic rings. The van der Waals surface area contributed by atoms with Crippen molar-refractivity contribution in [3.05, 3.63) is 36.0 Å². The Bertz CT molecular complexity index is 574. The molecular formula is C16H23Cl2N3. The molecule has 1 atom stereocenters. The molecule has 1 aliphatic heterocycles. The van der Waals surface area contributed by atoms with E-state index in [1.54, 1.807) is 0 Å². The molecule has 0 spiro atoms. The first kappa shape index (κ1) is 16.6. The van der Waals surface area contributed by atoms with Gasteiger partial charge >= 0.3 is 0 Å². The monoisotopic (exact) mass is 327 g/mol. The van der Waals surface area contributed by atoms with Gasteiger partial charge < -0.3 is 10.3 Å². The molecule has 2 aliphatic rings. The molecule has 0 bridgehead atoms. The molecule has 0 radical (unpaired) electrons. The van der Waals surface area contributed by atoms with Gasteiger partial charge in [0.15, 0.2) is 0 Å². The highest BCUT2D eigenvalue weighted by Gasteiger charge is 2.36. The van der Waals surface area contributed by atoms with Crippen molar-refractivity contribution in [3.8, 4) is 0 Å². The summed E-state index contributed by atoms with van der Waals surface area (Å²) in [6, 6.07) is 9.77. The smallest absolute Gasteiger partial charge is 0.0454 e. The third kappa shape index (κ3) is 3.37. The van der Waals surface area contributed by atoms with E-state index in [2.05, 4.69) is 39.5 Å². The average molecular weight is 328 g/mol. The maximum Gasteiger partial charge on any atom is 0.0454 e. The highest BCUT2D eigenvalue weighted by atomic mass is 35.5. The van der Waals surface area contributed by atoms with E-state index in [-0.39, 0.29) is 24.8 Å². The van der Waals surface area contributed by atoms with Crippen LogP contribution in [0.25, 0.3) is 10.9 Å². The number of nitrogens with zero attached hydrogens (tertiary/aromatic N) is 1. The third-order valence-electron chi connectivity index (χ3n) is 4.53. The Labute approximate surface area is 138 Å². The van der Waals surface area contributed by atoms with Crippen LogP contribution in [0.5, 0.6) is 0 Å². The van der Waals surface area contributed by atoms with Crippen molar-refractivity contribution in [1.29, 1.82) is 0 Å². The second-order valence-corrected chi connectivity index (χ2v) is 5.89. The molecule has 2 N–H and O–H groups in total. The Balaban J connectivity index is 0.000000807. The summed E-state index contributed by atoms with van der Waals surface area (Å²) >= 11 is 0. The number of halogens is 2. The van der Waals surface area contributed by atoms with Gasteiger partial charge in [0, 0.05) is 43.9 Å². The molecule has 1 aliphatic carbocycles. The fourth-order valence-electron chi connectivity index (χ4n) is 3.41. The number of hydrogen-bond donors (Lipinski definition) is 2. The van der Waals surface area contributed by atoms with Gasteiger partial charge in [-0.1, -0.05) is 6.07 Å². The van der Waals surface area contributed by atoms with Gasteiger partial charge in [0.05, 0.1) is 0 Å². The molecule has 2 heterocycles. The molecule has 0 amide bonds. The van der Waals surface area contributed by atoms with Gasteiger partial charge in [0.1, 0.15) is 0 Å².